The van der Waals surface area contributed by atoms with Crippen LogP contribution in [0.15, 0.2) is 60.1 Å². The first-order valence-corrected chi connectivity index (χ1v) is 9.25. The maximum atomic E-state index is 12.4. The molecule has 4 N–H and O–H groups in total. The van der Waals surface area contributed by atoms with Crippen molar-refractivity contribution in [2.45, 2.75) is 12.5 Å². The number of aromatic nitrogens is 3. The molecule has 2 amide bonds. The molecule has 4 rings (SSSR count). The molecular formula is C19H17N5O2S. The summed E-state index contributed by atoms with van der Waals surface area (Å²) in [4.78, 5) is 24.4. The smallest absolute Gasteiger partial charge is 0.321 e. The van der Waals surface area contributed by atoms with E-state index in [0.29, 0.717) is 17.4 Å². The number of anilines is 1. The minimum absolute atomic E-state index is 0.202. The van der Waals surface area contributed by atoms with Gasteiger partial charge >= 0.3 is 6.03 Å². The summed E-state index contributed by atoms with van der Waals surface area (Å²) in [6.07, 6.45) is 2.15. The van der Waals surface area contributed by atoms with Crippen molar-refractivity contribution in [3.05, 3.63) is 71.5 Å². The second-order valence-corrected chi connectivity index (χ2v) is 6.89. The van der Waals surface area contributed by atoms with Crippen LogP contribution in [0.5, 0.6) is 5.75 Å². The molecule has 0 aliphatic carbocycles. The number of thiazole rings is 1. The van der Waals surface area contributed by atoms with E-state index in [2.05, 4.69) is 25.6 Å². The predicted molar refractivity (Wildman–Crippen MR) is 105 cm³/mol. The lowest BCUT2D eigenvalue weighted by Gasteiger charge is -2.17. The summed E-state index contributed by atoms with van der Waals surface area (Å²) < 4.78 is 0. The van der Waals surface area contributed by atoms with Crippen molar-refractivity contribution in [1.29, 1.82) is 0 Å². The molecule has 0 saturated heterocycles. The van der Waals surface area contributed by atoms with E-state index in [-0.39, 0.29) is 17.8 Å². The summed E-state index contributed by atoms with van der Waals surface area (Å²) in [6, 6.07) is 13.9. The highest BCUT2D eigenvalue weighted by molar-refractivity contribution is 7.13. The van der Waals surface area contributed by atoms with Crippen LogP contribution in [0.1, 0.15) is 17.4 Å². The molecular weight excluding hydrogens is 362 g/mol. The Morgan fingerprint density at radius 2 is 2.00 bits per heavy atom. The number of aromatic amines is 1. The van der Waals surface area contributed by atoms with Gasteiger partial charge in [-0.05, 0) is 36.2 Å². The van der Waals surface area contributed by atoms with Crippen LogP contribution < -0.4 is 10.6 Å². The SMILES string of the molecule is O=C(Nc1nccs1)N[C@H](Cc1ccc(O)cc1)c1nc2ccccc2[nH]1. The summed E-state index contributed by atoms with van der Waals surface area (Å²) in [5.41, 5.74) is 2.71. The Morgan fingerprint density at radius 3 is 2.74 bits per heavy atom. The van der Waals surface area contributed by atoms with E-state index in [4.69, 9.17) is 0 Å². The predicted octanol–water partition coefficient (Wildman–Crippen LogP) is 3.83. The number of carbonyl (C=O) groups excluding carboxylic acids is 1. The second kappa shape index (κ2) is 7.46. The topological polar surface area (TPSA) is 103 Å². The van der Waals surface area contributed by atoms with Crippen molar-refractivity contribution in [3.63, 3.8) is 0 Å². The number of benzene rings is 2. The number of carbonyl (C=O) groups is 1. The first-order valence-electron chi connectivity index (χ1n) is 8.37. The van der Waals surface area contributed by atoms with Crippen LogP contribution in [0.4, 0.5) is 9.93 Å². The number of para-hydroxylation sites is 2. The molecule has 2 aromatic carbocycles. The zero-order valence-electron chi connectivity index (χ0n) is 14.2. The molecule has 0 aliphatic heterocycles. The molecule has 8 heteroatoms. The number of urea groups is 1. The molecule has 136 valence electrons. The van der Waals surface area contributed by atoms with Gasteiger partial charge in [0.2, 0.25) is 0 Å². The molecule has 0 bridgehead atoms. The highest BCUT2D eigenvalue weighted by Crippen LogP contribution is 2.21. The van der Waals surface area contributed by atoms with E-state index in [1.807, 2.05) is 36.4 Å². The van der Waals surface area contributed by atoms with Crippen LogP contribution in [0.25, 0.3) is 11.0 Å². The molecule has 0 spiro atoms. The zero-order valence-corrected chi connectivity index (χ0v) is 15.0. The molecule has 0 unspecified atom stereocenters. The van der Waals surface area contributed by atoms with E-state index >= 15 is 0 Å². The van der Waals surface area contributed by atoms with Gasteiger partial charge in [-0.3, -0.25) is 5.32 Å². The molecule has 2 heterocycles. The fourth-order valence-electron chi connectivity index (χ4n) is 2.80. The molecule has 0 saturated carbocycles. The Labute approximate surface area is 159 Å². The number of phenols is 1. The molecule has 0 fully saturated rings. The van der Waals surface area contributed by atoms with E-state index in [1.165, 1.54) is 11.3 Å². The number of hydrogen-bond acceptors (Lipinski definition) is 5. The first kappa shape index (κ1) is 17.0. The van der Waals surface area contributed by atoms with Gasteiger partial charge in [0.05, 0.1) is 17.1 Å². The molecule has 0 radical (unpaired) electrons. The third kappa shape index (κ3) is 4.06. The quantitative estimate of drug-likeness (QED) is 0.423. The van der Waals surface area contributed by atoms with Crippen LogP contribution in [-0.4, -0.2) is 26.1 Å². The number of aromatic hydroxyl groups is 1. The second-order valence-electron chi connectivity index (χ2n) is 6.00. The van der Waals surface area contributed by atoms with Gasteiger partial charge in [-0.1, -0.05) is 24.3 Å². The Hall–Kier alpha value is -3.39. The van der Waals surface area contributed by atoms with Gasteiger partial charge in [0, 0.05) is 11.6 Å². The van der Waals surface area contributed by atoms with Gasteiger partial charge in [-0.2, -0.15) is 0 Å². The zero-order chi connectivity index (χ0) is 18.6. The lowest BCUT2D eigenvalue weighted by Crippen LogP contribution is -2.34. The summed E-state index contributed by atoms with van der Waals surface area (Å²) >= 11 is 1.35. The Balaban J connectivity index is 1.59. The van der Waals surface area contributed by atoms with Crippen molar-refractivity contribution >= 4 is 33.5 Å². The van der Waals surface area contributed by atoms with Crippen molar-refractivity contribution in [2.24, 2.45) is 0 Å². The normalized spacial score (nSPS) is 12.0. The molecule has 2 aromatic heterocycles. The van der Waals surface area contributed by atoms with E-state index < -0.39 is 0 Å². The summed E-state index contributed by atoms with van der Waals surface area (Å²) in [6.45, 7) is 0. The Bertz CT molecular complexity index is 1010. The molecule has 7 nitrogen and oxygen atoms in total. The highest BCUT2D eigenvalue weighted by Gasteiger charge is 2.19. The average Bonchev–Trinajstić information content (AvgIpc) is 3.32. The number of rotatable bonds is 5. The van der Waals surface area contributed by atoms with E-state index in [9.17, 15) is 9.90 Å². The first-order chi connectivity index (χ1) is 13.2. The number of hydrogen-bond donors (Lipinski definition) is 4. The largest absolute Gasteiger partial charge is 0.508 e. The molecule has 4 aromatic rings. The maximum absolute atomic E-state index is 12.4. The van der Waals surface area contributed by atoms with Crippen molar-refractivity contribution in [2.75, 3.05) is 5.32 Å². The fourth-order valence-corrected chi connectivity index (χ4v) is 3.32. The van der Waals surface area contributed by atoms with Gasteiger partial charge in [0.25, 0.3) is 0 Å². The fraction of sp³-hybridized carbons (Fsp3) is 0.105. The van der Waals surface area contributed by atoms with Crippen LogP contribution in [0.3, 0.4) is 0 Å². The number of phenolic OH excluding ortho intramolecular Hbond substituents is 1. The standard InChI is InChI=1S/C19H17N5O2S/c25-13-7-5-12(6-8-13)11-16(23-18(26)24-19-20-9-10-27-19)17-21-14-3-1-2-4-15(14)22-17/h1-10,16,25H,11H2,(H,21,22)(H2,20,23,24,26)/t16-/m1/s1. The molecule has 27 heavy (non-hydrogen) atoms. The maximum Gasteiger partial charge on any atom is 0.321 e. The summed E-state index contributed by atoms with van der Waals surface area (Å²) in [5, 5.41) is 17.5. The molecule has 1 atom stereocenters. The van der Waals surface area contributed by atoms with Crippen LogP contribution in [-0.2, 0) is 6.42 Å². The Morgan fingerprint density at radius 1 is 1.19 bits per heavy atom. The van der Waals surface area contributed by atoms with Gasteiger partial charge in [0.1, 0.15) is 11.6 Å². The minimum atomic E-state index is -0.373. The third-order valence-corrected chi connectivity index (χ3v) is 4.76. The summed E-state index contributed by atoms with van der Waals surface area (Å²) in [5.74, 6) is 0.868. The van der Waals surface area contributed by atoms with Gasteiger partial charge in [-0.25, -0.2) is 14.8 Å². The number of nitrogens with one attached hydrogen (secondary N) is 3. The van der Waals surface area contributed by atoms with Gasteiger partial charge in [0.15, 0.2) is 5.13 Å². The van der Waals surface area contributed by atoms with Crippen LogP contribution >= 0.6 is 11.3 Å². The van der Waals surface area contributed by atoms with Crippen molar-refractivity contribution in [3.8, 4) is 5.75 Å². The number of imidazole rings is 1. The molecule has 0 aliphatic rings. The lowest BCUT2D eigenvalue weighted by molar-refractivity contribution is 0.248. The minimum Gasteiger partial charge on any atom is -0.508 e. The number of amides is 2. The summed E-state index contributed by atoms with van der Waals surface area (Å²) in [7, 11) is 0. The van der Waals surface area contributed by atoms with Gasteiger partial charge in [-0.15, -0.1) is 11.3 Å². The van der Waals surface area contributed by atoms with Crippen LogP contribution in [0, 0.1) is 0 Å². The van der Waals surface area contributed by atoms with E-state index in [1.54, 1.807) is 23.7 Å². The van der Waals surface area contributed by atoms with Gasteiger partial charge < -0.3 is 15.4 Å². The number of fused-ring (bicyclic) bond motifs is 1. The van der Waals surface area contributed by atoms with Crippen molar-refractivity contribution in [1.82, 2.24) is 20.3 Å². The number of nitrogens with zero attached hydrogens (tertiary/aromatic N) is 2. The van der Waals surface area contributed by atoms with E-state index in [0.717, 1.165) is 16.6 Å². The lowest BCUT2D eigenvalue weighted by atomic mass is 10.1. The monoisotopic (exact) mass is 379 g/mol. The average molecular weight is 379 g/mol. The van der Waals surface area contributed by atoms with Crippen LogP contribution in [0.2, 0.25) is 0 Å². The highest BCUT2D eigenvalue weighted by atomic mass is 32.1. The Kier molecular flexibility index (Phi) is 4.71. The third-order valence-electron chi connectivity index (χ3n) is 4.07. The van der Waals surface area contributed by atoms with Crippen molar-refractivity contribution < 1.29 is 9.90 Å². The number of H-pyrrole nitrogens is 1.